The fourth-order valence-corrected chi connectivity index (χ4v) is 2.05. The van der Waals surface area contributed by atoms with Gasteiger partial charge in [0, 0.05) is 17.3 Å². The Labute approximate surface area is 153 Å². The predicted molar refractivity (Wildman–Crippen MR) is 92.8 cm³/mol. The van der Waals surface area contributed by atoms with Crippen molar-refractivity contribution in [2.75, 3.05) is 11.9 Å². The molecule has 2 aromatic carbocycles. The number of nitrogens with one attached hydrogen (secondary N) is 1. The van der Waals surface area contributed by atoms with Crippen LogP contribution in [0.15, 0.2) is 60.7 Å². The molecular formula is C19H16F3NO4. The highest BCUT2D eigenvalue weighted by Gasteiger charge is 2.30. The molecular weight excluding hydrogens is 363 g/mol. The van der Waals surface area contributed by atoms with Crippen molar-refractivity contribution >= 4 is 17.4 Å². The van der Waals surface area contributed by atoms with E-state index in [-0.39, 0.29) is 11.5 Å². The van der Waals surface area contributed by atoms with Crippen molar-refractivity contribution < 1.29 is 32.2 Å². The van der Waals surface area contributed by atoms with Crippen LogP contribution in [0, 0.1) is 0 Å². The number of ether oxygens (including phenoxy) is 2. The Balaban J connectivity index is 1.91. The molecule has 2 aromatic rings. The van der Waals surface area contributed by atoms with E-state index >= 15 is 0 Å². The van der Waals surface area contributed by atoms with Gasteiger partial charge in [0.15, 0.2) is 5.78 Å². The fourth-order valence-electron chi connectivity index (χ4n) is 2.05. The predicted octanol–water partition coefficient (Wildman–Crippen LogP) is 4.36. The van der Waals surface area contributed by atoms with Gasteiger partial charge in [-0.25, -0.2) is 0 Å². The zero-order valence-corrected chi connectivity index (χ0v) is 14.2. The van der Waals surface area contributed by atoms with E-state index in [0.717, 1.165) is 24.3 Å². The molecule has 0 unspecified atom stereocenters. The van der Waals surface area contributed by atoms with Gasteiger partial charge < -0.3 is 14.8 Å². The van der Waals surface area contributed by atoms with E-state index in [1.54, 1.807) is 24.3 Å². The van der Waals surface area contributed by atoms with Gasteiger partial charge in [-0.15, -0.1) is 13.2 Å². The van der Waals surface area contributed by atoms with E-state index in [1.807, 2.05) is 6.92 Å². The summed E-state index contributed by atoms with van der Waals surface area (Å²) in [5, 5.41) is 2.43. The summed E-state index contributed by atoms with van der Waals surface area (Å²) in [7, 11) is 0. The Kier molecular flexibility index (Phi) is 6.59. The van der Waals surface area contributed by atoms with E-state index < -0.39 is 18.0 Å². The number of ketones is 1. The Morgan fingerprint density at radius 3 is 2.11 bits per heavy atom. The van der Waals surface area contributed by atoms with Gasteiger partial charge in [0.1, 0.15) is 11.5 Å². The van der Waals surface area contributed by atoms with Crippen LogP contribution in [0.3, 0.4) is 0 Å². The Bertz CT molecular complexity index is 812. The molecule has 0 saturated carbocycles. The standard InChI is InChI=1S/C19H16F3NO4/c1-2-26-15-7-3-13(4-8-15)17(24)11-12-18(25)23-14-5-9-16(10-6-14)27-19(20,21)22/h3-12H,2H2,1H3,(H,23,25). The first-order chi connectivity index (χ1) is 12.8. The first-order valence-electron chi connectivity index (χ1n) is 7.89. The van der Waals surface area contributed by atoms with Crippen molar-refractivity contribution in [2.24, 2.45) is 0 Å². The summed E-state index contributed by atoms with van der Waals surface area (Å²) in [5.74, 6) is -0.739. The summed E-state index contributed by atoms with van der Waals surface area (Å²) < 4.78 is 45.3. The molecule has 0 aromatic heterocycles. The molecule has 5 nitrogen and oxygen atoms in total. The van der Waals surface area contributed by atoms with E-state index in [1.165, 1.54) is 12.1 Å². The highest BCUT2D eigenvalue weighted by Crippen LogP contribution is 2.23. The lowest BCUT2D eigenvalue weighted by Crippen LogP contribution is -2.17. The Morgan fingerprint density at radius 2 is 1.56 bits per heavy atom. The number of benzene rings is 2. The third kappa shape index (κ3) is 6.85. The molecule has 0 fully saturated rings. The molecule has 27 heavy (non-hydrogen) atoms. The van der Waals surface area contributed by atoms with E-state index in [9.17, 15) is 22.8 Å². The Morgan fingerprint density at radius 1 is 0.963 bits per heavy atom. The van der Waals surface area contributed by atoms with Gasteiger partial charge in [-0.05, 0) is 61.5 Å². The molecule has 142 valence electrons. The van der Waals surface area contributed by atoms with Gasteiger partial charge in [-0.2, -0.15) is 0 Å². The van der Waals surface area contributed by atoms with Crippen molar-refractivity contribution in [2.45, 2.75) is 13.3 Å². The number of rotatable bonds is 7. The second-order valence-electron chi connectivity index (χ2n) is 5.22. The Hall–Kier alpha value is -3.29. The fraction of sp³-hybridized carbons (Fsp3) is 0.158. The van der Waals surface area contributed by atoms with Crippen molar-refractivity contribution in [3.05, 3.63) is 66.2 Å². The number of alkyl halides is 3. The highest BCUT2D eigenvalue weighted by atomic mass is 19.4. The smallest absolute Gasteiger partial charge is 0.494 e. The van der Waals surface area contributed by atoms with Gasteiger partial charge in [-0.3, -0.25) is 9.59 Å². The summed E-state index contributed by atoms with van der Waals surface area (Å²) in [6.45, 7) is 2.36. The van der Waals surface area contributed by atoms with Gasteiger partial charge in [0.25, 0.3) is 0 Å². The minimum Gasteiger partial charge on any atom is -0.494 e. The number of amides is 1. The molecule has 0 bridgehead atoms. The third-order valence-corrected chi connectivity index (χ3v) is 3.19. The summed E-state index contributed by atoms with van der Waals surface area (Å²) in [6.07, 6.45) is -2.64. The second-order valence-corrected chi connectivity index (χ2v) is 5.22. The molecule has 0 radical (unpaired) electrons. The molecule has 1 N–H and O–H groups in total. The largest absolute Gasteiger partial charge is 0.573 e. The molecule has 1 amide bonds. The maximum Gasteiger partial charge on any atom is 0.573 e. The normalized spacial score (nSPS) is 11.3. The van der Waals surface area contributed by atoms with Crippen LogP contribution in [-0.2, 0) is 4.79 Å². The minimum absolute atomic E-state index is 0.257. The second kappa shape index (κ2) is 8.88. The number of halogens is 3. The number of anilines is 1. The van der Waals surface area contributed by atoms with Crippen LogP contribution in [0.2, 0.25) is 0 Å². The topological polar surface area (TPSA) is 64.6 Å². The van der Waals surface area contributed by atoms with Gasteiger partial charge in [0.05, 0.1) is 6.61 Å². The van der Waals surface area contributed by atoms with Crippen LogP contribution in [0.4, 0.5) is 18.9 Å². The number of carbonyl (C=O) groups excluding carboxylic acids is 2. The first-order valence-corrected chi connectivity index (χ1v) is 7.89. The number of hydrogen-bond donors (Lipinski definition) is 1. The SMILES string of the molecule is CCOc1ccc(C(=O)C=CC(=O)Nc2ccc(OC(F)(F)F)cc2)cc1. The van der Waals surface area contributed by atoms with E-state index in [0.29, 0.717) is 17.9 Å². The maximum absolute atomic E-state index is 12.1. The summed E-state index contributed by atoms with van der Waals surface area (Å²) >= 11 is 0. The lowest BCUT2D eigenvalue weighted by molar-refractivity contribution is -0.274. The lowest BCUT2D eigenvalue weighted by atomic mass is 10.1. The molecule has 0 saturated heterocycles. The van der Waals surface area contributed by atoms with Crippen LogP contribution in [0.5, 0.6) is 11.5 Å². The van der Waals surface area contributed by atoms with Crippen molar-refractivity contribution in [3.63, 3.8) is 0 Å². The molecule has 8 heteroatoms. The van der Waals surface area contributed by atoms with Crippen LogP contribution in [0.1, 0.15) is 17.3 Å². The number of carbonyl (C=O) groups is 2. The summed E-state index contributed by atoms with van der Waals surface area (Å²) in [4.78, 5) is 23.8. The van der Waals surface area contributed by atoms with Crippen LogP contribution in [-0.4, -0.2) is 24.7 Å². The molecule has 0 aliphatic heterocycles. The third-order valence-electron chi connectivity index (χ3n) is 3.19. The van der Waals surface area contributed by atoms with Gasteiger partial charge >= 0.3 is 6.36 Å². The quantitative estimate of drug-likeness (QED) is 0.573. The van der Waals surface area contributed by atoms with Crippen molar-refractivity contribution in [1.82, 2.24) is 0 Å². The first kappa shape index (κ1) is 20.0. The molecule has 2 rings (SSSR count). The van der Waals surface area contributed by atoms with E-state index in [2.05, 4.69) is 10.1 Å². The molecule has 0 heterocycles. The molecule has 0 aliphatic rings. The van der Waals surface area contributed by atoms with Gasteiger partial charge in [-0.1, -0.05) is 0 Å². The van der Waals surface area contributed by atoms with Crippen molar-refractivity contribution in [3.8, 4) is 11.5 Å². The van der Waals surface area contributed by atoms with Gasteiger partial charge in [0.2, 0.25) is 5.91 Å². The van der Waals surface area contributed by atoms with Crippen LogP contribution < -0.4 is 14.8 Å². The summed E-state index contributed by atoms with van der Waals surface area (Å²) in [5.41, 5.74) is 0.642. The van der Waals surface area contributed by atoms with E-state index in [4.69, 9.17) is 4.74 Å². The monoisotopic (exact) mass is 379 g/mol. The highest BCUT2D eigenvalue weighted by molar-refractivity contribution is 6.09. The molecule has 0 atom stereocenters. The van der Waals surface area contributed by atoms with Crippen molar-refractivity contribution in [1.29, 1.82) is 0 Å². The average molecular weight is 379 g/mol. The van der Waals surface area contributed by atoms with Crippen LogP contribution >= 0.6 is 0 Å². The average Bonchev–Trinajstić information content (AvgIpc) is 2.61. The number of allylic oxidation sites excluding steroid dienone is 1. The zero-order valence-electron chi connectivity index (χ0n) is 14.2. The zero-order chi connectivity index (χ0) is 19.9. The maximum atomic E-state index is 12.1. The molecule has 0 aliphatic carbocycles. The lowest BCUT2D eigenvalue weighted by Gasteiger charge is -2.09. The minimum atomic E-state index is -4.78. The molecule has 0 spiro atoms. The van der Waals surface area contributed by atoms with Crippen LogP contribution in [0.25, 0.3) is 0 Å². The summed E-state index contributed by atoms with van der Waals surface area (Å²) in [6, 6.07) is 11.1. The number of hydrogen-bond acceptors (Lipinski definition) is 4.